The molecule has 0 bridgehead atoms. The topological polar surface area (TPSA) is 86.6 Å². The van der Waals surface area contributed by atoms with Gasteiger partial charge < -0.3 is 15.1 Å². The monoisotopic (exact) mass is 435 g/mol. The number of rotatable bonds is 2. The Balaban J connectivity index is 1.56. The van der Waals surface area contributed by atoms with Crippen molar-refractivity contribution >= 4 is 13.5 Å². The molecule has 0 aromatic carbocycles. The van der Waals surface area contributed by atoms with Gasteiger partial charge in [0, 0.05) is 11.5 Å². The Hall–Kier alpha value is -0.900. The highest BCUT2D eigenvalue weighted by Crippen LogP contribution is 2.66. The minimum Gasteiger partial charge on any atom is -0.352 e. The molecule has 3 N–H and O–H groups in total. The lowest BCUT2D eigenvalue weighted by molar-refractivity contribution is -0.131. The molecule has 6 heteroatoms. The summed E-state index contributed by atoms with van der Waals surface area (Å²) in [6.45, 7) is 10.6. The van der Waals surface area contributed by atoms with Crippen LogP contribution in [-0.4, -0.2) is 21.7 Å². The van der Waals surface area contributed by atoms with Gasteiger partial charge in [-0.3, -0.25) is 9.36 Å². The first-order valence-electron chi connectivity index (χ1n) is 11.5. The standard InChI is InChI=1S/C24H38NO4P/c1-22(2,3)21(26)25-20-9-8-18-17-7-6-15-14-16(30(27,28)29)10-12-23(15,4)19(17)11-13-24(18,20)5/h10,12,14-15,17-20H,6-9,11,13H2,1-5H3,(H,25,26)(H2,27,28,29)/t15?,17-,18-,19+,20?,23-,24-/m0/s1. The third-order valence-electron chi connectivity index (χ3n) is 9.15. The molecule has 2 unspecified atom stereocenters. The van der Waals surface area contributed by atoms with Gasteiger partial charge in [-0.1, -0.05) is 52.8 Å². The molecule has 4 aliphatic rings. The molecule has 4 rings (SSSR count). The van der Waals surface area contributed by atoms with E-state index in [9.17, 15) is 19.1 Å². The number of hydrogen-bond donors (Lipinski definition) is 3. The van der Waals surface area contributed by atoms with E-state index in [0.29, 0.717) is 17.8 Å². The molecule has 30 heavy (non-hydrogen) atoms. The summed E-state index contributed by atoms with van der Waals surface area (Å²) in [5.74, 6) is 2.12. The van der Waals surface area contributed by atoms with Gasteiger partial charge in [0.05, 0.1) is 5.31 Å². The van der Waals surface area contributed by atoms with Crippen LogP contribution in [0.2, 0.25) is 0 Å². The third-order valence-corrected chi connectivity index (χ3v) is 10.1. The lowest BCUT2D eigenvalue weighted by atomic mass is 9.47. The number of carbonyl (C=O) groups excluding carboxylic acids is 1. The molecule has 5 nitrogen and oxygen atoms in total. The molecular weight excluding hydrogens is 397 g/mol. The van der Waals surface area contributed by atoms with Gasteiger partial charge in [0.15, 0.2) is 0 Å². The zero-order valence-corrected chi connectivity index (χ0v) is 19.9. The van der Waals surface area contributed by atoms with Crippen LogP contribution in [0.25, 0.3) is 0 Å². The second kappa shape index (κ2) is 7.05. The lowest BCUT2D eigenvalue weighted by Gasteiger charge is -2.58. The van der Waals surface area contributed by atoms with Crippen LogP contribution in [0, 0.1) is 39.9 Å². The molecule has 0 aliphatic heterocycles. The van der Waals surface area contributed by atoms with E-state index in [4.69, 9.17) is 0 Å². The largest absolute Gasteiger partial charge is 0.355 e. The van der Waals surface area contributed by atoms with Gasteiger partial charge in [-0.15, -0.1) is 0 Å². The molecule has 3 saturated carbocycles. The summed E-state index contributed by atoms with van der Waals surface area (Å²) in [6.07, 6.45) is 12.2. The summed E-state index contributed by atoms with van der Waals surface area (Å²) in [6, 6.07) is 0.253. The number of hydrogen-bond acceptors (Lipinski definition) is 2. The molecule has 0 aromatic heterocycles. The Morgan fingerprint density at radius 1 is 1.10 bits per heavy atom. The Labute approximate surface area is 180 Å². The fraction of sp³-hybridized carbons (Fsp3) is 0.792. The first-order valence-corrected chi connectivity index (χ1v) is 13.2. The first kappa shape index (κ1) is 22.3. The maximum Gasteiger partial charge on any atom is 0.355 e. The van der Waals surface area contributed by atoms with Gasteiger partial charge in [0.1, 0.15) is 0 Å². The van der Waals surface area contributed by atoms with E-state index in [1.165, 1.54) is 6.42 Å². The number of amides is 1. The number of nitrogens with one attached hydrogen (secondary N) is 1. The van der Waals surface area contributed by atoms with Crippen molar-refractivity contribution in [3.8, 4) is 0 Å². The van der Waals surface area contributed by atoms with Gasteiger partial charge in [0.2, 0.25) is 5.91 Å². The second-order valence-electron chi connectivity index (χ2n) is 11.8. The van der Waals surface area contributed by atoms with Crippen molar-refractivity contribution in [2.24, 2.45) is 39.9 Å². The van der Waals surface area contributed by atoms with Gasteiger partial charge in [0.25, 0.3) is 0 Å². The Kier molecular flexibility index (Phi) is 5.24. The maximum absolute atomic E-state index is 12.7. The summed E-state index contributed by atoms with van der Waals surface area (Å²) in [5, 5.41) is 3.58. The zero-order valence-electron chi connectivity index (χ0n) is 19.0. The third kappa shape index (κ3) is 3.45. The lowest BCUT2D eigenvalue weighted by Crippen LogP contribution is -2.55. The minimum absolute atomic E-state index is 0.0321. The summed E-state index contributed by atoms with van der Waals surface area (Å²) in [5.41, 5.74) is -0.251. The summed E-state index contributed by atoms with van der Waals surface area (Å²) >= 11 is 0. The van der Waals surface area contributed by atoms with E-state index in [2.05, 4.69) is 25.2 Å². The summed E-state index contributed by atoms with van der Waals surface area (Å²) in [4.78, 5) is 31.9. The number of fused-ring (bicyclic) bond motifs is 5. The molecule has 3 fully saturated rings. The predicted octanol–water partition coefficient (Wildman–Crippen LogP) is 5.01. The summed E-state index contributed by atoms with van der Waals surface area (Å²) in [7, 11) is -4.20. The molecule has 0 saturated heterocycles. The van der Waals surface area contributed by atoms with Crippen LogP contribution in [0.3, 0.4) is 0 Å². The first-order chi connectivity index (χ1) is 13.8. The van der Waals surface area contributed by atoms with Gasteiger partial charge in [-0.05, 0) is 73.0 Å². The molecule has 7 atom stereocenters. The van der Waals surface area contributed by atoms with Crippen molar-refractivity contribution in [2.75, 3.05) is 0 Å². The van der Waals surface area contributed by atoms with Crippen LogP contribution in [0.5, 0.6) is 0 Å². The van der Waals surface area contributed by atoms with E-state index < -0.39 is 7.60 Å². The van der Waals surface area contributed by atoms with Crippen molar-refractivity contribution in [1.82, 2.24) is 5.32 Å². The van der Waals surface area contributed by atoms with Crippen LogP contribution in [0.15, 0.2) is 23.5 Å². The Morgan fingerprint density at radius 2 is 1.80 bits per heavy atom. The van der Waals surface area contributed by atoms with E-state index in [0.717, 1.165) is 32.1 Å². The average Bonchev–Trinajstić information content (AvgIpc) is 2.96. The highest BCUT2D eigenvalue weighted by atomic mass is 31.2. The fourth-order valence-corrected chi connectivity index (χ4v) is 7.91. The van der Waals surface area contributed by atoms with Crippen LogP contribution in [-0.2, 0) is 9.36 Å². The van der Waals surface area contributed by atoms with Crippen molar-refractivity contribution in [1.29, 1.82) is 0 Å². The molecule has 0 heterocycles. The van der Waals surface area contributed by atoms with Crippen LogP contribution >= 0.6 is 7.60 Å². The molecular formula is C24H38NO4P. The highest BCUT2D eigenvalue weighted by Gasteiger charge is 2.59. The van der Waals surface area contributed by atoms with Crippen molar-refractivity contribution in [2.45, 2.75) is 79.2 Å². The SMILES string of the molecule is CC(C)(C)C(=O)NC1CC[C@H]2[C@@H]3CCC4C=C(P(=O)(O)O)C=C[C@]4(C)[C@@H]3CC[C@]12C. The van der Waals surface area contributed by atoms with Crippen LogP contribution in [0.1, 0.15) is 73.1 Å². The number of allylic oxidation sites excluding steroid dienone is 4. The van der Waals surface area contributed by atoms with Crippen LogP contribution < -0.4 is 5.32 Å². The van der Waals surface area contributed by atoms with Gasteiger partial charge in [-0.25, -0.2) is 0 Å². The smallest absolute Gasteiger partial charge is 0.352 e. The molecule has 0 aromatic rings. The molecule has 4 aliphatic carbocycles. The van der Waals surface area contributed by atoms with E-state index in [-0.39, 0.29) is 39.4 Å². The fourth-order valence-electron chi connectivity index (χ4n) is 7.26. The van der Waals surface area contributed by atoms with Crippen LogP contribution in [0.4, 0.5) is 0 Å². The maximum atomic E-state index is 12.7. The zero-order chi connectivity index (χ0) is 22.1. The van der Waals surface area contributed by atoms with Gasteiger partial charge >= 0.3 is 7.60 Å². The minimum atomic E-state index is -4.20. The molecule has 0 radical (unpaired) electrons. The van der Waals surface area contributed by atoms with E-state index in [1.54, 1.807) is 6.08 Å². The molecule has 0 spiro atoms. The molecule has 1 amide bonds. The predicted molar refractivity (Wildman–Crippen MR) is 119 cm³/mol. The normalized spacial score (nSPS) is 43.3. The van der Waals surface area contributed by atoms with Crippen molar-refractivity contribution < 1.29 is 19.1 Å². The average molecular weight is 436 g/mol. The quantitative estimate of drug-likeness (QED) is 0.532. The van der Waals surface area contributed by atoms with Crippen molar-refractivity contribution in [3.63, 3.8) is 0 Å². The Morgan fingerprint density at radius 3 is 2.43 bits per heavy atom. The van der Waals surface area contributed by atoms with E-state index >= 15 is 0 Å². The Bertz CT molecular complexity index is 837. The van der Waals surface area contributed by atoms with E-state index in [1.807, 2.05) is 26.8 Å². The second-order valence-corrected chi connectivity index (χ2v) is 13.4. The number of carbonyl (C=O) groups is 1. The van der Waals surface area contributed by atoms with Crippen molar-refractivity contribution in [3.05, 3.63) is 23.5 Å². The molecule has 168 valence electrons. The highest BCUT2D eigenvalue weighted by molar-refractivity contribution is 7.56. The van der Waals surface area contributed by atoms with Gasteiger partial charge in [-0.2, -0.15) is 0 Å². The summed E-state index contributed by atoms with van der Waals surface area (Å²) < 4.78 is 11.8.